The van der Waals surface area contributed by atoms with Crippen molar-refractivity contribution in [1.29, 1.82) is 0 Å². The van der Waals surface area contributed by atoms with Crippen LogP contribution in [0.25, 0.3) is 0 Å². The van der Waals surface area contributed by atoms with Gasteiger partial charge < -0.3 is 19.5 Å². The summed E-state index contributed by atoms with van der Waals surface area (Å²) in [5, 5.41) is 10.4. The van der Waals surface area contributed by atoms with Gasteiger partial charge in [-0.3, -0.25) is 0 Å². The molecule has 4 heteroatoms. The quantitative estimate of drug-likeness (QED) is 0.651. The zero-order chi connectivity index (χ0) is 18.1. The Morgan fingerprint density at radius 2 is 1.96 bits per heavy atom. The fourth-order valence-corrected chi connectivity index (χ4v) is 3.51. The second-order valence-corrected chi connectivity index (χ2v) is 7.04. The fourth-order valence-electron chi connectivity index (χ4n) is 3.51. The van der Waals surface area contributed by atoms with Crippen molar-refractivity contribution in [2.75, 3.05) is 32.8 Å². The maximum absolute atomic E-state index is 10.4. The lowest BCUT2D eigenvalue weighted by Crippen LogP contribution is -2.44. The number of piperidine rings is 1. The zero-order valence-electron chi connectivity index (χ0n) is 16.2. The number of hydrogen-bond acceptors (Lipinski definition) is 4. The van der Waals surface area contributed by atoms with Gasteiger partial charge in [-0.2, -0.15) is 0 Å². The minimum absolute atomic E-state index is 0.205. The molecule has 1 fully saturated rings. The molecule has 142 valence electrons. The first kappa shape index (κ1) is 20.1. The van der Waals surface area contributed by atoms with Crippen LogP contribution in [-0.4, -0.2) is 49.0 Å². The van der Waals surface area contributed by atoms with Crippen LogP contribution in [0.1, 0.15) is 52.0 Å². The molecule has 1 saturated heterocycles. The van der Waals surface area contributed by atoms with E-state index in [9.17, 15) is 5.11 Å². The van der Waals surface area contributed by atoms with E-state index in [-0.39, 0.29) is 6.10 Å². The van der Waals surface area contributed by atoms with E-state index >= 15 is 0 Å². The summed E-state index contributed by atoms with van der Waals surface area (Å²) in [4.78, 5) is 2.48. The van der Waals surface area contributed by atoms with E-state index in [1.807, 2.05) is 13.0 Å². The lowest BCUT2D eigenvalue weighted by molar-refractivity contribution is 0.0270. The number of hydrogen-bond donors (Lipinski definition) is 1. The number of benzene rings is 1. The van der Waals surface area contributed by atoms with Crippen LogP contribution in [0.3, 0.4) is 0 Å². The highest BCUT2D eigenvalue weighted by Crippen LogP contribution is 2.31. The molecule has 1 aliphatic rings. The van der Waals surface area contributed by atoms with E-state index in [2.05, 4.69) is 30.9 Å². The molecule has 2 unspecified atom stereocenters. The van der Waals surface area contributed by atoms with Crippen molar-refractivity contribution < 1.29 is 14.6 Å². The van der Waals surface area contributed by atoms with Gasteiger partial charge in [-0.15, -0.1) is 0 Å². The van der Waals surface area contributed by atoms with Crippen molar-refractivity contribution in [3.8, 4) is 11.5 Å². The lowest BCUT2D eigenvalue weighted by atomic mass is 9.88. The molecule has 1 aromatic rings. The lowest BCUT2D eigenvalue weighted by Gasteiger charge is -2.36. The summed E-state index contributed by atoms with van der Waals surface area (Å²) in [6, 6.07) is 6.24. The van der Waals surface area contributed by atoms with Crippen LogP contribution in [0, 0.1) is 5.92 Å². The maximum Gasteiger partial charge on any atom is 0.161 e. The normalized spacial score (nSPS) is 21.3. The van der Waals surface area contributed by atoms with E-state index in [1.165, 1.54) is 12.0 Å². The highest BCUT2D eigenvalue weighted by Gasteiger charge is 2.27. The van der Waals surface area contributed by atoms with Gasteiger partial charge in [0.05, 0.1) is 19.3 Å². The minimum atomic E-state index is -0.205. The molecule has 25 heavy (non-hydrogen) atoms. The first-order chi connectivity index (χ1) is 12.2. The van der Waals surface area contributed by atoms with Gasteiger partial charge in [-0.1, -0.05) is 26.3 Å². The van der Waals surface area contributed by atoms with Crippen LogP contribution < -0.4 is 9.47 Å². The van der Waals surface area contributed by atoms with E-state index in [1.54, 1.807) is 0 Å². The number of ether oxygens (including phenoxy) is 2. The van der Waals surface area contributed by atoms with Gasteiger partial charge >= 0.3 is 0 Å². The molecule has 1 aliphatic heterocycles. The number of unbranched alkanes of at least 4 members (excludes halogenated alkanes) is 1. The molecule has 0 aromatic heterocycles. The number of aliphatic hydroxyl groups excluding tert-OH is 1. The summed E-state index contributed by atoms with van der Waals surface area (Å²) in [5.41, 5.74) is 1.22. The summed E-state index contributed by atoms with van der Waals surface area (Å²) in [6.45, 7) is 10.8. The molecule has 1 heterocycles. The van der Waals surface area contributed by atoms with Crippen molar-refractivity contribution >= 4 is 0 Å². The Labute approximate surface area is 153 Å². The average Bonchev–Trinajstić information content (AvgIpc) is 2.60. The second-order valence-electron chi connectivity index (χ2n) is 7.04. The second kappa shape index (κ2) is 10.7. The van der Waals surface area contributed by atoms with Gasteiger partial charge in [0.25, 0.3) is 0 Å². The van der Waals surface area contributed by atoms with Crippen LogP contribution in [0.2, 0.25) is 0 Å². The molecule has 1 aromatic carbocycles. The average molecular weight is 350 g/mol. The van der Waals surface area contributed by atoms with E-state index in [0.29, 0.717) is 12.5 Å². The number of nitrogens with zero attached hydrogens (tertiary/aromatic N) is 1. The number of likely N-dealkylation sites (tertiary alicyclic amines) is 1. The summed E-state index contributed by atoms with van der Waals surface area (Å²) in [5.74, 6) is 1.95. The predicted molar refractivity (Wildman–Crippen MR) is 103 cm³/mol. The third-order valence-electron chi connectivity index (χ3n) is 4.88. The molecule has 2 atom stereocenters. The Morgan fingerprint density at radius 3 is 2.68 bits per heavy atom. The summed E-state index contributed by atoms with van der Waals surface area (Å²) >= 11 is 0. The Bertz CT molecular complexity index is 506. The smallest absolute Gasteiger partial charge is 0.161 e. The Balaban J connectivity index is 2.03. The monoisotopic (exact) mass is 349 g/mol. The largest absolute Gasteiger partial charge is 0.490 e. The summed E-state index contributed by atoms with van der Waals surface area (Å²) in [6.07, 6.45) is 4.90. The molecule has 1 N–H and O–H groups in total. The van der Waals surface area contributed by atoms with Gasteiger partial charge in [0, 0.05) is 19.0 Å². The molecule has 0 aliphatic carbocycles. The molecule has 4 nitrogen and oxygen atoms in total. The molecule has 0 bridgehead atoms. The van der Waals surface area contributed by atoms with Crippen LogP contribution in [-0.2, 0) is 6.42 Å². The first-order valence-corrected chi connectivity index (χ1v) is 9.96. The van der Waals surface area contributed by atoms with Crippen LogP contribution in [0.15, 0.2) is 18.2 Å². The van der Waals surface area contributed by atoms with Gasteiger partial charge in [-0.05, 0) is 56.8 Å². The number of rotatable bonds is 10. The summed E-state index contributed by atoms with van der Waals surface area (Å²) < 4.78 is 11.6. The maximum atomic E-state index is 10.4. The SMILES string of the molecule is CCCCOc1ccc(CC2CN(CCC)CCC2O)cc1OCC. The van der Waals surface area contributed by atoms with Crippen LogP contribution >= 0.6 is 0 Å². The van der Waals surface area contributed by atoms with E-state index in [0.717, 1.165) is 63.4 Å². The first-order valence-electron chi connectivity index (χ1n) is 9.96. The number of aliphatic hydroxyl groups is 1. The van der Waals surface area contributed by atoms with Crippen molar-refractivity contribution in [1.82, 2.24) is 4.90 Å². The van der Waals surface area contributed by atoms with E-state index in [4.69, 9.17) is 9.47 Å². The highest BCUT2D eigenvalue weighted by molar-refractivity contribution is 5.43. The Morgan fingerprint density at radius 1 is 1.12 bits per heavy atom. The Kier molecular flexibility index (Phi) is 8.56. The van der Waals surface area contributed by atoms with E-state index < -0.39 is 0 Å². The van der Waals surface area contributed by atoms with Crippen LogP contribution in [0.5, 0.6) is 11.5 Å². The van der Waals surface area contributed by atoms with Gasteiger partial charge in [0.2, 0.25) is 0 Å². The molecular weight excluding hydrogens is 314 g/mol. The summed E-state index contributed by atoms with van der Waals surface area (Å²) in [7, 11) is 0. The fraction of sp³-hybridized carbons (Fsp3) is 0.714. The molecule has 0 saturated carbocycles. The molecule has 0 amide bonds. The van der Waals surface area contributed by atoms with Gasteiger partial charge in [0.15, 0.2) is 11.5 Å². The van der Waals surface area contributed by atoms with Gasteiger partial charge in [-0.25, -0.2) is 0 Å². The molecule has 0 spiro atoms. The Hall–Kier alpha value is -1.26. The molecular formula is C21H35NO3. The van der Waals surface area contributed by atoms with Crippen LogP contribution in [0.4, 0.5) is 0 Å². The third-order valence-corrected chi connectivity index (χ3v) is 4.88. The van der Waals surface area contributed by atoms with Gasteiger partial charge in [0.1, 0.15) is 0 Å². The highest BCUT2D eigenvalue weighted by atomic mass is 16.5. The topological polar surface area (TPSA) is 41.9 Å². The van der Waals surface area contributed by atoms with Crippen molar-refractivity contribution in [3.63, 3.8) is 0 Å². The third kappa shape index (κ3) is 6.19. The molecule has 0 radical (unpaired) electrons. The standard InChI is InChI=1S/C21H35NO3/c1-4-7-13-25-20-9-8-17(15-21(20)24-6-3)14-18-16-22(11-5-2)12-10-19(18)23/h8-9,15,18-19,23H,4-7,10-14,16H2,1-3H3. The van der Waals surface area contributed by atoms with Crippen molar-refractivity contribution in [2.45, 2.75) is 59.0 Å². The minimum Gasteiger partial charge on any atom is -0.490 e. The predicted octanol–water partition coefficient (Wildman–Crippen LogP) is 3.90. The van der Waals surface area contributed by atoms with Crippen molar-refractivity contribution in [3.05, 3.63) is 23.8 Å². The van der Waals surface area contributed by atoms with Crippen molar-refractivity contribution in [2.24, 2.45) is 5.92 Å². The molecule has 2 rings (SSSR count). The zero-order valence-corrected chi connectivity index (χ0v) is 16.2.